The maximum Gasteiger partial charge on any atom is -0.0103 e. The molecule has 0 aromatic heterocycles. The standard InChI is InChI=1S/C26H38/c1-3-8-21-17(6-1)12-14-19-16-20-15-13-18-7-2-4-9-22(18)26(20)24-11-5-10-23(24)25(19)21/h10-11,17-22,25-26H,1-9,12-16H2. The van der Waals surface area contributed by atoms with Crippen molar-refractivity contribution in [3.63, 3.8) is 0 Å². The van der Waals surface area contributed by atoms with Crippen molar-refractivity contribution in [2.75, 3.05) is 0 Å². The minimum Gasteiger partial charge on any atom is -0.0769 e. The molecule has 0 radical (unpaired) electrons. The van der Waals surface area contributed by atoms with Crippen LogP contribution in [0.15, 0.2) is 23.3 Å². The van der Waals surface area contributed by atoms with Gasteiger partial charge in [0.15, 0.2) is 0 Å². The van der Waals surface area contributed by atoms with Gasteiger partial charge in [-0.3, -0.25) is 0 Å². The summed E-state index contributed by atoms with van der Waals surface area (Å²) in [6.45, 7) is 0. The van der Waals surface area contributed by atoms with E-state index in [1.807, 2.05) is 11.1 Å². The monoisotopic (exact) mass is 350 g/mol. The molecule has 0 saturated heterocycles. The predicted octanol–water partition coefficient (Wildman–Crippen LogP) is 7.31. The van der Waals surface area contributed by atoms with Crippen molar-refractivity contribution in [2.24, 2.45) is 47.3 Å². The Kier molecular flexibility index (Phi) is 4.12. The third kappa shape index (κ3) is 2.46. The lowest BCUT2D eigenvalue weighted by Gasteiger charge is -2.47. The summed E-state index contributed by atoms with van der Waals surface area (Å²) in [4.78, 5) is 0. The Morgan fingerprint density at radius 2 is 0.962 bits per heavy atom. The Balaban J connectivity index is 1.38. The van der Waals surface area contributed by atoms with Crippen LogP contribution in [-0.2, 0) is 0 Å². The first-order chi connectivity index (χ1) is 12.9. The highest BCUT2D eigenvalue weighted by Crippen LogP contribution is 2.61. The van der Waals surface area contributed by atoms with Gasteiger partial charge in [0.05, 0.1) is 0 Å². The van der Waals surface area contributed by atoms with Crippen LogP contribution in [0.1, 0.15) is 89.9 Å². The molecule has 142 valence electrons. The Morgan fingerprint density at radius 3 is 1.50 bits per heavy atom. The van der Waals surface area contributed by atoms with Gasteiger partial charge in [0.1, 0.15) is 0 Å². The van der Waals surface area contributed by atoms with Crippen molar-refractivity contribution in [2.45, 2.75) is 89.9 Å². The van der Waals surface area contributed by atoms with Gasteiger partial charge in [-0.1, -0.05) is 50.7 Å². The molecule has 26 heavy (non-hydrogen) atoms. The molecule has 0 bridgehead atoms. The van der Waals surface area contributed by atoms with E-state index >= 15 is 0 Å². The van der Waals surface area contributed by atoms with Gasteiger partial charge in [0.2, 0.25) is 0 Å². The maximum atomic E-state index is 2.72. The predicted molar refractivity (Wildman–Crippen MR) is 109 cm³/mol. The number of allylic oxidation sites excluding steroid dienone is 4. The molecular formula is C26H38. The zero-order valence-corrected chi connectivity index (χ0v) is 16.7. The summed E-state index contributed by atoms with van der Waals surface area (Å²) >= 11 is 0. The van der Waals surface area contributed by atoms with Crippen LogP contribution in [-0.4, -0.2) is 0 Å². The second-order valence-electron chi connectivity index (χ2n) is 10.9. The summed E-state index contributed by atoms with van der Waals surface area (Å²) in [6, 6.07) is 0. The average molecular weight is 351 g/mol. The van der Waals surface area contributed by atoms with Crippen molar-refractivity contribution < 1.29 is 0 Å². The highest BCUT2D eigenvalue weighted by molar-refractivity contribution is 5.44. The summed E-state index contributed by atoms with van der Waals surface area (Å²) in [7, 11) is 0. The molecular weight excluding hydrogens is 312 g/mol. The molecule has 8 unspecified atom stereocenters. The molecule has 0 aliphatic heterocycles. The van der Waals surface area contributed by atoms with E-state index in [0.29, 0.717) is 0 Å². The zero-order chi connectivity index (χ0) is 17.1. The Morgan fingerprint density at radius 1 is 0.500 bits per heavy atom. The number of fused-ring (bicyclic) bond motifs is 9. The first-order valence-corrected chi connectivity index (χ1v) is 12.3. The van der Waals surface area contributed by atoms with Gasteiger partial charge in [-0.25, -0.2) is 0 Å². The summed E-state index contributed by atoms with van der Waals surface area (Å²) in [5.41, 5.74) is 3.84. The van der Waals surface area contributed by atoms with E-state index in [2.05, 4.69) is 12.2 Å². The van der Waals surface area contributed by atoms with E-state index in [0.717, 1.165) is 47.3 Å². The van der Waals surface area contributed by atoms with E-state index in [1.165, 1.54) is 32.1 Å². The van der Waals surface area contributed by atoms with Crippen LogP contribution in [0.25, 0.3) is 0 Å². The summed E-state index contributed by atoms with van der Waals surface area (Å²) in [6.07, 6.45) is 26.9. The average Bonchev–Trinajstić information content (AvgIpc) is 3.11. The molecule has 0 aromatic rings. The third-order valence-electron chi connectivity index (χ3n) is 10.0. The summed E-state index contributed by atoms with van der Waals surface area (Å²) in [5.74, 6) is 8.28. The van der Waals surface area contributed by atoms with Crippen molar-refractivity contribution in [3.05, 3.63) is 23.3 Å². The number of hydrogen-bond acceptors (Lipinski definition) is 0. The maximum absolute atomic E-state index is 2.72. The third-order valence-corrected chi connectivity index (χ3v) is 10.0. The molecule has 5 fully saturated rings. The minimum atomic E-state index is 0.968. The van der Waals surface area contributed by atoms with E-state index in [4.69, 9.17) is 0 Å². The molecule has 0 N–H and O–H groups in total. The SMILES string of the molecule is C1=C2C(=CC1)C1C(CCC3CCCCC31)CC1CCC3CCCCC3C21. The van der Waals surface area contributed by atoms with Crippen molar-refractivity contribution in [1.29, 1.82) is 0 Å². The van der Waals surface area contributed by atoms with Crippen LogP contribution >= 0.6 is 0 Å². The number of hydrogen-bond donors (Lipinski definition) is 0. The van der Waals surface area contributed by atoms with Gasteiger partial charge in [-0.2, -0.15) is 0 Å². The van der Waals surface area contributed by atoms with Crippen molar-refractivity contribution in [3.8, 4) is 0 Å². The second-order valence-corrected chi connectivity index (χ2v) is 10.9. The normalized spacial score (nSPS) is 50.2. The highest BCUT2D eigenvalue weighted by Gasteiger charge is 2.51. The fraction of sp³-hybridized carbons (Fsp3) is 0.846. The molecule has 8 atom stereocenters. The Hall–Kier alpha value is -0.520. The molecule has 0 spiro atoms. The first-order valence-electron chi connectivity index (χ1n) is 12.3. The molecule has 0 aromatic carbocycles. The van der Waals surface area contributed by atoms with Crippen LogP contribution in [0.4, 0.5) is 0 Å². The lowest BCUT2D eigenvalue weighted by molar-refractivity contribution is 0.0428. The molecule has 6 rings (SSSR count). The number of rotatable bonds is 0. The quantitative estimate of drug-likeness (QED) is 0.429. The minimum absolute atomic E-state index is 0.968. The van der Waals surface area contributed by atoms with Gasteiger partial charge < -0.3 is 0 Å². The molecule has 6 aliphatic carbocycles. The lowest BCUT2D eigenvalue weighted by atomic mass is 9.58. The fourth-order valence-electron chi connectivity index (χ4n) is 9.14. The topological polar surface area (TPSA) is 0 Å². The Labute approximate surface area is 160 Å². The van der Waals surface area contributed by atoms with Gasteiger partial charge in [-0.15, -0.1) is 0 Å². The van der Waals surface area contributed by atoms with Crippen LogP contribution in [0.2, 0.25) is 0 Å². The van der Waals surface area contributed by atoms with Crippen LogP contribution < -0.4 is 0 Å². The summed E-state index contributed by atoms with van der Waals surface area (Å²) in [5, 5.41) is 0. The molecule has 0 heterocycles. The fourth-order valence-corrected chi connectivity index (χ4v) is 9.14. The summed E-state index contributed by atoms with van der Waals surface area (Å²) < 4.78 is 0. The lowest BCUT2D eigenvalue weighted by Crippen LogP contribution is -2.38. The van der Waals surface area contributed by atoms with Crippen LogP contribution in [0.5, 0.6) is 0 Å². The van der Waals surface area contributed by atoms with E-state index in [9.17, 15) is 0 Å². The van der Waals surface area contributed by atoms with E-state index in [1.54, 1.807) is 57.8 Å². The van der Waals surface area contributed by atoms with Crippen LogP contribution in [0, 0.1) is 47.3 Å². The zero-order valence-electron chi connectivity index (χ0n) is 16.7. The smallest absolute Gasteiger partial charge is 0.0103 e. The Bertz CT molecular complexity index is 558. The highest BCUT2D eigenvalue weighted by atomic mass is 14.6. The van der Waals surface area contributed by atoms with Crippen molar-refractivity contribution in [1.82, 2.24) is 0 Å². The van der Waals surface area contributed by atoms with Gasteiger partial charge in [-0.05, 0) is 110 Å². The van der Waals surface area contributed by atoms with Gasteiger partial charge in [0, 0.05) is 0 Å². The van der Waals surface area contributed by atoms with Crippen LogP contribution in [0.3, 0.4) is 0 Å². The largest absolute Gasteiger partial charge is 0.0769 e. The molecule has 0 amide bonds. The van der Waals surface area contributed by atoms with Gasteiger partial charge >= 0.3 is 0 Å². The molecule has 5 saturated carbocycles. The van der Waals surface area contributed by atoms with Crippen molar-refractivity contribution >= 4 is 0 Å². The van der Waals surface area contributed by atoms with Gasteiger partial charge in [0.25, 0.3) is 0 Å². The molecule has 0 nitrogen and oxygen atoms in total. The first kappa shape index (κ1) is 16.4. The van der Waals surface area contributed by atoms with E-state index in [-0.39, 0.29) is 0 Å². The molecule has 0 heteroatoms. The van der Waals surface area contributed by atoms with E-state index < -0.39 is 0 Å². The molecule has 6 aliphatic rings. The second kappa shape index (κ2) is 6.52.